The van der Waals surface area contributed by atoms with Gasteiger partial charge in [-0.1, -0.05) is 11.2 Å². The molecule has 0 unspecified atom stereocenters. The predicted molar refractivity (Wildman–Crippen MR) is 94.5 cm³/mol. The molecule has 3 aromatic heterocycles. The Morgan fingerprint density at radius 1 is 1.31 bits per heavy atom. The van der Waals surface area contributed by atoms with Crippen molar-refractivity contribution in [2.45, 2.75) is 13.5 Å². The monoisotopic (exact) mass is 349 g/mol. The van der Waals surface area contributed by atoms with Crippen molar-refractivity contribution in [2.24, 2.45) is 0 Å². The highest BCUT2D eigenvalue weighted by Gasteiger charge is 2.25. The van der Waals surface area contributed by atoms with Crippen molar-refractivity contribution in [3.63, 3.8) is 0 Å². The maximum absolute atomic E-state index is 12.4. The average molecular weight is 349 g/mol. The van der Waals surface area contributed by atoms with E-state index in [-0.39, 0.29) is 5.91 Å². The molecule has 3 aromatic rings. The molecule has 4 rings (SSSR count). The third-order valence-electron chi connectivity index (χ3n) is 4.77. The number of carbonyl (C=O) groups excluding carboxylic acids is 1. The van der Waals surface area contributed by atoms with Crippen LogP contribution in [0.4, 0.5) is 0 Å². The summed E-state index contributed by atoms with van der Waals surface area (Å²) >= 11 is 0. The predicted octanol–water partition coefficient (Wildman–Crippen LogP) is 2.07. The van der Waals surface area contributed by atoms with Gasteiger partial charge in [0.15, 0.2) is 0 Å². The standard InChI is InChI=1S/C19H19N5O2/c1-14-10-18(26-21-14)19(25)23-8-6-22(7-9-23)12-15-13-24-5-3-2-4-17(24)16(15)11-20/h2-5,10,13H,6-9,12H2,1H3. The van der Waals surface area contributed by atoms with E-state index in [9.17, 15) is 10.1 Å². The molecule has 7 heteroatoms. The van der Waals surface area contributed by atoms with Crippen LogP contribution in [0.2, 0.25) is 0 Å². The molecule has 4 heterocycles. The largest absolute Gasteiger partial charge is 0.351 e. The summed E-state index contributed by atoms with van der Waals surface area (Å²) < 4.78 is 7.06. The molecule has 7 nitrogen and oxygen atoms in total. The zero-order chi connectivity index (χ0) is 18.1. The number of aryl methyl sites for hydroxylation is 1. The van der Waals surface area contributed by atoms with Crippen molar-refractivity contribution in [3.8, 4) is 6.07 Å². The number of amides is 1. The van der Waals surface area contributed by atoms with E-state index in [0.717, 1.165) is 29.7 Å². The van der Waals surface area contributed by atoms with Gasteiger partial charge in [0, 0.05) is 56.7 Å². The van der Waals surface area contributed by atoms with Crippen molar-refractivity contribution in [3.05, 3.63) is 59.2 Å². The highest BCUT2D eigenvalue weighted by Crippen LogP contribution is 2.20. The quantitative estimate of drug-likeness (QED) is 0.723. The molecule has 0 atom stereocenters. The Bertz CT molecular complexity index is 989. The van der Waals surface area contributed by atoms with Crippen LogP contribution in [0.15, 0.2) is 41.2 Å². The maximum Gasteiger partial charge on any atom is 0.292 e. The lowest BCUT2D eigenvalue weighted by atomic mass is 10.1. The number of rotatable bonds is 3. The van der Waals surface area contributed by atoms with Crippen molar-refractivity contribution >= 4 is 11.4 Å². The van der Waals surface area contributed by atoms with Crippen LogP contribution in [-0.4, -0.2) is 51.4 Å². The SMILES string of the molecule is Cc1cc(C(=O)N2CCN(Cc3cn4ccccc4c3C#N)CC2)on1. The summed E-state index contributed by atoms with van der Waals surface area (Å²) in [6.07, 6.45) is 3.97. The van der Waals surface area contributed by atoms with Gasteiger partial charge in [0.25, 0.3) is 5.91 Å². The summed E-state index contributed by atoms with van der Waals surface area (Å²) in [5.41, 5.74) is 3.38. The van der Waals surface area contributed by atoms with Gasteiger partial charge in [-0.3, -0.25) is 9.69 Å². The summed E-state index contributed by atoms with van der Waals surface area (Å²) in [6, 6.07) is 9.84. The van der Waals surface area contributed by atoms with Gasteiger partial charge in [0.2, 0.25) is 5.76 Å². The molecule has 1 aliphatic rings. The zero-order valence-corrected chi connectivity index (χ0v) is 14.6. The molecule has 1 aliphatic heterocycles. The summed E-state index contributed by atoms with van der Waals surface area (Å²) in [7, 11) is 0. The van der Waals surface area contributed by atoms with Crippen molar-refractivity contribution in [1.82, 2.24) is 19.4 Å². The lowest BCUT2D eigenvalue weighted by Crippen LogP contribution is -2.48. The first-order chi connectivity index (χ1) is 12.7. The number of hydrogen-bond acceptors (Lipinski definition) is 5. The molecule has 0 aromatic carbocycles. The van der Waals surface area contributed by atoms with Crippen LogP contribution in [0.25, 0.3) is 5.52 Å². The summed E-state index contributed by atoms with van der Waals surface area (Å²) in [4.78, 5) is 16.5. The Morgan fingerprint density at radius 2 is 2.12 bits per heavy atom. The van der Waals surface area contributed by atoms with E-state index in [4.69, 9.17) is 4.52 Å². The molecule has 0 spiro atoms. The minimum atomic E-state index is -0.113. The second-order valence-electron chi connectivity index (χ2n) is 6.54. The lowest BCUT2D eigenvalue weighted by Gasteiger charge is -2.34. The number of aromatic nitrogens is 2. The number of nitrogens with zero attached hydrogens (tertiary/aromatic N) is 5. The van der Waals surface area contributed by atoms with E-state index in [2.05, 4.69) is 16.1 Å². The minimum Gasteiger partial charge on any atom is -0.351 e. The fourth-order valence-corrected chi connectivity index (χ4v) is 3.40. The Kier molecular flexibility index (Phi) is 4.19. The fourth-order valence-electron chi connectivity index (χ4n) is 3.40. The van der Waals surface area contributed by atoms with E-state index in [1.54, 1.807) is 17.9 Å². The van der Waals surface area contributed by atoms with Crippen LogP contribution in [0, 0.1) is 18.3 Å². The molecular weight excluding hydrogens is 330 g/mol. The van der Waals surface area contributed by atoms with Crippen LogP contribution >= 0.6 is 0 Å². The first-order valence-electron chi connectivity index (χ1n) is 8.59. The van der Waals surface area contributed by atoms with Crippen molar-refractivity contribution in [2.75, 3.05) is 26.2 Å². The van der Waals surface area contributed by atoms with Gasteiger partial charge in [-0.15, -0.1) is 0 Å². The highest BCUT2D eigenvalue weighted by molar-refractivity contribution is 5.91. The molecule has 0 bridgehead atoms. The molecule has 26 heavy (non-hydrogen) atoms. The molecule has 0 radical (unpaired) electrons. The highest BCUT2D eigenvalue weighted by atomic mass is 16.5. The van der Waals surface area contributed by atoms with Gasteiger partial charge in [-0.2, -0.15) is 5.26 Å². The molecule has 1 amide bonds. The number of fused-ring (bicyclic) bond motifs is 1. The van der Waals surface area contributed by atoms with Crippen LogP contribution in [-0.2, 0) is 6.54 Å². The summed E-state index contributed by atoms with van der Waals surface area (Å²) in [5.74, 6) is 0.180. The fraction of sp³-hybridized carbons (Fsp3) is 0.316. The molecule has 0 N–H and O–H groups in total. The van der Waals surface area contributed by atoms with E-state index >= 15 is 0 Å². The van der Waals surface area contributed by atoms with Gasteiger partial charge < -0.3 is 13.8 Å². The Labute approximate surface area is 151 Å². The van der Waals surface area contributed by atoms with Crippen molar-refractivity contribution in [1.29, 1.82) is 5.26 Å². The van der Waals surface area contributed by atoms with Crippen LogP contribution in [0.5, 0.6) is 0 Å². The van der Waals surface area contributed by atoms with Gasteiger partial charge >= 0.3 is 0 Å². The van der Waals surface area contributed by atoms with Crippen LogP contribution < -0.4 is 0 Å². The van der Waals surface area contributed by atoms with E-state index < -0.39 is 0 Å². The van der Waals surface area contributed by atoms with Crippen molar-refractivity contribution < 1.29 is 9.32 Å². The number of carbonyl (C=O) groups is 1. The molecule has 1 saturated heterocycles. The summed E-state index contributed by atoms with van der Waals surface area (Å²) in [6.45, 7) is 5.29. The molecule has 0 aliphatic carbocycles. The molecule has 0 saturated carbocycles. The van der Waals surface area contributed by atoms with Crippen LogP contribution in [0.3, 0.4) is 0 Å². The van der Waals surface area contributed by atoms with E-state index in [1.807, 2.05) is 35.0 Å². The lowest BCUT2D eigenvalue weighted by molar-refractivity contribution is 0.0588. The van der Waals surface area contributed by atoms with Gasteiger partial charge in [0.05, 0.1) is 16.8 Å². The maximum atomic E-state index is 12.4. The Balaban J connectivity index is 1.43. The number of piperazine rings is 1. The number of hydrogen-bond donors (Lipinski definition) is 0. The smallest absolute Gasteiger partial charge is 0.292 e. The topological polar surface area (TPSA) is 77.8 Å². The zero-order valence-electron chi connectivity index (χ0n) is 14.6. The Hall–Kier alpha value is -3.11. The third kappa shape index (κ3) is 2.95. The normalized spacial score (nSPS) is 15.3. The van der Waals surface area contributed by atoms with Gasteiger partial charge in [-0.25, -0.2) is 0 Å². The second-order valence-corrected chi connectivity index (χ2v) is 6.54. The molecule has 132 valence electrons. The average Bonchev–Trinajstić information content (AvgIpc) is 3.24. The first-order valence-corrected chi connectivity index (χ1v) is 8.59. The van der Waals surface area contributed by atoms with E-state index in [1.165, 1.54) is 0 Å². The number of nitriles is 1. The molecule has 1 fully saturated rings. The van der Waals surface area contributed by atoms with Gasteiger partial charge in [0.1, 0.15) is 6.07 Å². The van der Waals surface area contributed by atoms with Crippen LogP contribution in [0.1, 0.15) is 27.4 Å². The first kappa shape index (κ1) is 16.4. The second kappa shape index (κ2) is 6.65. The Morgan fingerprint density at radius 3 is 2.81 bits per heavy atom. The number of pyridine rings is 1. The minimum absolute atomic E-state index is 0.113. The van der Waals surface area contributed by atoms with Gasteiger partial charge in [-0.05, 0) is 19.1 Å². The third-order valence-corrected chi connectivity index (χ3v) is 4.77. The van der Waals surface area contributed by atoms with E-state index in [0.29, 0.717) is 31.1 Å². The molecular formula is C19H19N5O2. The summed E-state index contributed by atoms with van der Waals surface area (Å²) in [5, 5.41) is 13.3.